The van der Waals surface area contributed by atoms with Gasteiger partial charge in [-0.25, -0.2) is 0 Å². The molecular formula is C10H10ClNO2. The average molecular weight is 212 g/mol. The van der Waals surface area contributed by atoms with E-state index >= 15 is 0 Å². The highest BCUT2D eigenvalue weighted by Gasteiger charge is 2.35. The van der Waals surface area contributed by atoms with E-state index in [0.29, 0.717) is 10.6 Å². The van der Waals surface area contributed by atoms with Gasteiger partial charge >= 0.3 is 0 Å². The van der Waals surface area contributed by atoms with Gasteiger partial charge in [0.2, 0.25) is 0 Å². The standard InChI is InChI=1S/C10H10ClNO2/c1-12-9(13)8-6(10(12)14-2)4-3-5-7(8)11/h3-5,10H,1-2H3. The number of amides is 1. The lowest BCUT2D eigenvalue weighted by Crippen LogP contribution is -2.24. The molecule has 1 unspecified atom stereocenters. The van der Waals surface area contributed by atoms with Crippen molar-refractivity contribution in [2.75, 3.05) is 14.2 Å². The Morgan fingerprint density at radius 1 is 1.50 bits per heavy atom. The highest BCUT2D eigenvalue weighted by Crippen LogP contribution is 2.36. The van der Waals surface area contributed by atoms with Gasteiger partial charge in [0.1, 0.15) is 0 Å². The van der Waals surface area contributed by atoms with E-state index < -0.39 is 0 Å². The summed E-state index contributed by atoms with van der Waals surface area (Å²) in [5.41, 5.74) is 1.40. The zero-order chi connectivity index (χ0) is 10.3. The molecule has 1 aromatic carbocycles. The minimum Gasteiger partial charge on any atom is -0.357 e. The molecule has 14 heavy (non-hydrogen) atoms. The molecule has 0 spiro atoms. The van der Waals surface area contributed by atoms with Crippen molar-refractivity contribution in [3.05, 3.63) is 34.3 Å². The number of hydrogen-bond donors (Lipinski definition) is 0. The fourth-order valence-corrected chi connectivity index (χ4v) is 2.01. The van der Waals surface area contributed by atoms with E-state index in [4.69, 9.17) is 16.3 Å². The number of nitrogens with zero attached hydrogens (tertiary/aromatic N) is 1. The monoisotopic (exact) mass is 211 g/mol. The van der Waals surface area contributed by atoms with Gasteiger partial charge in [-0.1, -0.05) is 23.7 Å². The first-order valence-electron chi connectivity index (χ1n) is 4.25. The number of carbonyl (C=O) groups excluding carboxylic acids is 1. The normalized spacial score (nSPS) is 20.1. The summed E-state index contributed by atoms with van der Waals surface area (Å²) in [6.45, 7) is 0. The van der Waals surface area contributed by atoms with Crippen LogP contribution in [-0.2, 0) is 4.74 Å². The molecule has 1 aliphatic rings. The summed E-state index contributed by atoms with van der Waals surface area (Å²) in [6.07, 6.45) is -0.309. The van der Waals surface area contributed by atoms with Gasteiger partial charge in [0, 0.05) is 19.7 Å². The third kappa shape index (κ3) is 1.13. The Kier molecular flexibility index (Phi) is 2.21. The van der Waals surface area contributed by atoms with Gasteiger partial charge in [-0.05, 0) is 6.07 Å². The van der Waals surface area contributed by atoms with Gasteiger partial charge in [-0.15, -0.1) is 0 Å². The number of fused-ring (bicyclic) bond motifs is 1. The molecule has 1 aromatic rings. The lowest BCUT2D eigenvalue weighted by atomic mass is 10.1. The summed E-state index contributed by atoms with van der Waals surface area (Å²) in [7, 11) is 3.28. The third-order valence-electron chi connectivity index (χ3n) is 2.42. The number of ether oxygens (including phenoxy) is 1. The van der Waals surface area contributed by atoms with Crippen LogP contribution in [0.2, 0.25) is 5.02 Å². The van der Waals surface area contributed by atoms with Crippen LogP contribution in [0.1, 0.15) is 22.1 Å². The first kappa shape index (κ1) is 9.49. The highest BCUT2D eigenvalue weighted by atomic mass is 35.5. The summed E-state index contributed by atoms with van der Waals surface area (Å²) >= 11 is 5.95. The maximum absolute atomic E-state index is 11.7. The van der Waals surface area contributed by atoms with Crippen molar-refractivity contribution in [3.63, 3.8) is 0 Å². The fourth-order valence-electron chi connectivity index (χ4n) is 1.75. The number of halogens is 1. The Labute approximate surface area is 87.2 Å². The smallest absolute Gasteiger partial charge is 0.257 e. The molecule has 4 heteroatoms. The van der Waals surface area contributed by atoms with Gasteiger partial charge in [-0.2, -0.15) is 0 Å². The summed E-state index contributed by atoms with van der Waals surface area (Å²) in [5.74, 6) is -0.0857. The maximum atomic E-state index is 11.7. The number of carbonyl (C=O) groups is 1. The molecule has 0 saturated heterocycles. The molecule has 1 aliphatic heterocycles. The fraction of sp³-hybridized carbons (Fsp3) is 0.300. The van der Waals surface area contributed by atoms with Gasteiger partial charge in [-0.3, -0.25) is 4.79 Å². The van der Waals surface area contributed by atoms with Crippen LogP contribution in [0.25, 0.3) is 0 Å². The first-order valence-corrected chi connectivity index (χ1v) is 4.63. The second-order valence-corrected chi connectivity index (χ2v) is 3.62. The Bertz CT molecular complexity index is 392. The molecule has 0 bridgehead atoms. The van der Waals surface area contributed by atoms with Crippen molar-refractivity contribution >= 4 is 17.5 Å². The molecule has 0 radical (unpaired) electrons. The molecule has 1 heterocycles. The second-order valence-electron chi connectivity index (χ2n) is 3.21. The molecule has 74 valence electrons. The lowest BCUT2D eigenvalue weighted by molar-refractivity contribution is -0.000584. The Morgan fingerprint density at radius 2 is 2.21 bits per heavy atom. The first-order chi connectivity index (χ1) is 6.66. The molecule has 0 aromatic heterocycles. The van der Waals surface area contributed by atoms with Crippen LogP contribution >= 0.6 is 11.6 Å². The van der Waals surface area contributed by atoms with Gasteiger partial charge in [0.25, 0.3) is 5.91 Å². The second kappa shape index (κ2) is 3.26. The van der Waals surface area contributed by atoms with Crippen LogP contribution in [-0.4, -0.2) is 25.0 Å². The van der Waals surface area contributed by atoms with Crippen LogP contribution in [0.3, 0.4) is 0 Å². The van der Waals surface area contributed by atoms with E-state index in [1.807, 2.05) is 12.1 Å². The summed E-state index contributed by atoms with van der Waals surface area (Å²) in [4.78, 5) is 13.3. The van der Waals surface area contributed by atoms with Gasteiger partial charge in [0.15, 0.2) is 6.23 Å². The minimum absolute atomic E-state index is 0.0857. The van der Waals surface area contributed by atoms with E-state index in [1.165, 1.54) is 4.90 Å². The van der Waals surface area contributed by atoms with Crippen molar-refractivity contribution in [2.24, 2.45) is 0 Å². The Morgan fingerprint density at radius 3 is 2.86 bits per heavy atom. The van der Waals surface area contributed by atoms with E-state index in [1.54, 1.807) is 20.2 Å². The van der Waals surface area contributed by atoms with Crippen LogP contribution < -0.4 is 0 Å². The zero-order valence-electron chi connectivity index (χ0n) is 7.95. The largest absolute Gasteiger partial charge is 0.357 e. The molecule has 0 aliphatic carbocycles. The minimum atomic E-state index is -0.309. The van der Waals surface area contributed by atoms with Crippen LogP contribution in [0.4, 0.5) is 0 Å². The Hall–Kier alpha value is -1.06. The topological polar surface area (TPSA) is 29.5 Å². The van der Waals surface area contributed by atoms with E-state index in [0.717, 1.165) is 5.56 Å². The van der Waals surface area contributed by atoms with Crippen molar-refractivity contribution in [3.8, 4) is 0 Å². The van der Waals surface area contributed by atoms with Crippen molar-refractivity contribution in [2.45, 2.75) is 6.23 Å². The molecule has 0 fully saturated rings. The molecule has 0 N–H and O–H groups in total. The number of hydrogen-bond acceptors (Lipinski definition) is 2. The van der Waals surface area contributed by atoms with Crippen molar-refractivity contribution < 1.29 is 9.53 Å². The predicted octanol–water partition coefficient (Wildman–Crippen LogP) is 2.07. The maximum Gasteiger partial charge on any atom is 0.257 e. The summed E-state index contributed by atoms with van der Waals surface area (Å²) in [6, 6.07) is 5.39. The third-order valence-corrected chi connectivity index (χ3v) is 2.74. The van der Waals surface area contributed by atoms with E-state index in [9.17, 15) is 4.79 Å². The molecule has 3 nitrogen and oxygen atoms in total. The summed E-state index contributed by atoms with van der Waals surface area (Å²) in [5, 5.41) is 0.485. The van der Waals surface area contributed by atoms with Crippen molar-refractivity contribution in [1.82, 2.24) is 4.90 Å². The molecule has 2 rings (SSSR count). The zero-order valence-corrected chi connectivity index (χ0v) is 8.71. The van der Waals surface area contributed by atoms with Gasteiger partial charge < -0.3 is 9.64 Å². The van der Waals surface area contributed by atoms with Gasteiger partial charge in [0.05, 0.1) is 10.6 Å². The van der Waals surface area contributed by atoms with E-state index in [-0.39, 0.29) is 12.1 Å². The highest BCUT2D eigenvalue weighted by molar-refractivity contribution is 6.34. The SMILES string of the molecule is COC1c2cccc(Cl)c2C(=O)N1C. The lowest BCUT2D eigenvalue weighted by Gasteiger charge is -2.18. The van der Waals surface area contributed by atoms with Crippen LogP contribution in [0, 0.1) is 0 Å². The van der Waals surface area contributed by atoms with Crippen LogP contribution in [0.5, 0.6) is 0 Å². The summed E-state index contributed by atoms with van der Waals surface area (Å²) < 4.78 is 5.22. The molecular weight excluding hydrogens is 202 g/mol. The van der Waals surface area contributed by atoms with E-state index in [2.05, 4.69) is 0 Å². The Balaban J connectivity index is 2.61. The van der Waals surface area contributed by atoms with Crippen molar-refractivity contribution in [1.29, 1.82) is 0 Å². The number of benzene rings is 1. The molecule has 1 amide bonds. The molecule has 0 saturated carbocycles. The quantitative estimate of drug-likeness (QED) is 0.712. The number of rotatable bonds is 1. The molecule has 1 atom stereocenters. The predicted molar refractivity (Wildman–Crippen MR) is 53.3 cm³/mol. The number of methoxy groups -OCH3 is 1. The average Bonchev–Trinajstić information content (AvgIpc) is 2.41. The van der Waals surface area contributed by atoms with Crippen LogP contribution in [0.15, 0.2) is 18.2 Å².